The van der Waals surface area contributed by atoms with E-state index in [2.05, 4.69) is 65.2 Å². The van der Waals surface area contributed by atoms with Gasteiger partial charge in [0.15, 0.2) is 0 Å². The van der Waals surface area contributed by atoms with Crippen molar-refractivity contribution in [2.75, 3.05) is 7.11 Å². The van der Waals surface area contributed by atoms with Crippen LogP contribution in [-0.2, 0) is 19.3 Å². The molecule has 0 spiro atoms. The van der Waals surface area contributed by atoms with Crippen LogP contribution in [-0.4, -0.2) is 12.1 Å². The van der Waals surface area contributed by atoms with Gasteiger partial charge in [0.25, 0.3) is 0 Å². The third kappa shape index (κ3) is 4.43. The normalized spacial score (nSPS) is 14.2. The molecule has 0 N–H and O–H groups in total. The van der Waals surface area contributed by atoms with Gasteiger partial charge in [-0.2, -0.15) is 0 Å². The number of aryl methyl sites for hydroxylation is 3. The van der Waals surface area contributed by atoms with Crippen LogP contribution >= 0.6 is 33.9 Å². The molecule has 2 nitrogen and oxygen atoms in total. The van der Waals surface area contributed by atoms with E-state index in [0.29, 0.717) is 0 Å². The largest absolute Gasteiger partial charge is 0.496 e. The van der Waals surface area contributed by atoms with Gasteiger partial charge >= 0.3 is 0 Å². The molecule has 4 heteroatoms. The summed E-state index contributed by atoms with van der Waals surface area (Å²) in [6.07, 6.45) is 8.62. The van der Waals surface area contributed by atoms with Crippen LogP contribution in [0.5, 0.6) is 5.75 Å². The van der Waals surface area contributed by atoms with Gasteiger partial charge in [0.2, 0.25) is 0 Å². The Hall–Kier alpha value is -1.40. The van der Waals surface area contributed by atoms with E-state index < -0.39 is 0 Å². The summed E-state index contributed by atoms with van der Waals surface area (Å²) in [4.78, 5) is 4.96. The first-order chi connectivity index (χ1) is 13.6. The first-order valence-electron chi connectivity index (χ1n) is 10.0. The summed E-state index contributed by atoms with van der Waals surface area (Å²) in [5, 5.41) is 3.32. The van der Waals surface area contributed by atoms with E-state index in [4.69, 9.17) is 9.72 Å². The number of hydrogen-bond donors (Lipinski definition) is 0. The van der Waals surface area contributed by atoms with Crippen LogP contribution in [0.4, 0.5) is 0 Å². The van der Waals surface area contributed by atoms with E-state index in [1.165, 1.54) is 64.3 Å². The number of benzene rings is 2. The fourth-order valence-corrected chi connectivity index (χ4v) is 5.24. The standard InChI is InChI=1S/C24H26INOS/c1-16-11-20(23(27-2)14-22(16)25)13-21-15-28-24(26-21)19-10-9-17-7-5-3-4-6-8-18(17)12-19/h9-12,14-15H,3-8,13H2,1-2H3. The number of thiazole rings is 1. The predicted octanol–water partition coefficient (Wildman–Crippen LogP) is 6.98. The van der Waals surface area contributed by atoms with Crippen molar-refractivity contribution in [3.8, 4) is 16.3 Å². The van der Waals surface area contributed by atoms with Gasteiger partial charge in [-0.05, 0) is 84.0 Å². The zero-order valence-corrected chi connectivity index (χ0v) is 19.5. The topological polar surface area (TPSA) is 22.1 Å². The Labute approximate surface area is 185 Å². The molecule has 0 bridgehead atoms. The Morgan fingerprint density at radius 2 is 1.82 bits per heavy atom. The number of aromatic nitrogens is 1. The van der Waals surface area contributed by atoms with Crippen molar-refractivity contribution in [2.24, 2.45) is 0 Å². The Balaban J connectivity index is 1.58. The molecule has 0 aliphatic heterocycles. The lowest BCUT2D eigenvalue weighted by Gasteiger charge is -2.14. The summed E-state index contributed by atoms with van der Waals surface area (Å²) >= 11 is 4.11. The second-order valence-electron chi connectivity index (χ2n) is 7.63. The lowest BCUT2D eigenvalue weighted by atomic mass is 9.92. The average molecular weight is 503 g/mol. The Bertz CT molecular complexity index is 979. The number of nitrogens with zero attached hydrogens (tertiary/aromatic N) is 1. The van der Waals surface area contributed by atoms with Crippen LogP contribution in [0.1, 0.15) is 53.6 Å². The maximum Gasteiger partial charge on any atom is 0.123 e. The highest BCUT2D eigenvalue weighted by atomic mass is 127. The summed E-state index contributed by atoms with van der Waals surface area (Å²) in [6, 6.07) is 11.3. The third-order valence-corrected chi connectivity index (χ3v) is 7.68. The molecule has 28 heavy (non-hydrogen) atoms. The van der Waals surface area contributed by atoms with Gasteiger partial charge in [0.05, 0.1) is 12.8 Å². The summed E-state index contributed by atoms with van der Waals surface area (Å²) in [7, 11) is 1.74. The smallest absolute Gasteiger partial charge is 0.123 e. The summed E-state index contributed by atoms with van der Waals surface area (Å²) < 4.78 is 6.83. The van der Waals surface area contributed by atoms with Gasteiger partial charge in [0, 0.05) is 26.5 Å². The van der Waals surface area contributed by atoms with Crippen molar-refractivity contribution in [2.45, 2.75) is 51.9 Å². The molecule has 2 aromatic carbocycles. The Morgan fingerprint density at radius 3 is 2.61 bits per heavy atom. The molecule has 0 saturated heterocycles. The molecule has 4 rings (SSSR count). The van der Waals surface area contributed by atoms with Crippen LogP contribution in [0.3, 0.4) is 0 Å². The number of hydrogen-bond acceptors (Lipinski definition) is 3. The van der Waals surface area contributed by atoms with Gasteiger partial charge in [-0.15, -0.1) is 11.3 Å². The molecular formula is C24H26INOS. The molecule has 0 saturated carbocycles. The zero-order valence-electron chi connectivity index (χ0n) is 16.6. The molecule has 3 aromatic rings. The fourth-order valence-electron chi connectivity index (χ4n) is 3.99. The first kappa shape index (κ1) is 19.9. The number of fused-ring (bicyclic) bond motifs is 1. The van der Waals surface area contributed by atoms with Gasteiger partial charge in [0.1, 0.15) is 10.8 Å². The summed E-state index contributed by atoms with van der Waals surface area (Å²) in [5.41, 5.74) is 7.94. The summed E-state index contributed by atoms with van der Waals surface area (Å²) in [5.74, 6) is 0.950. The highest BCUT2D eigenvalue weighted by molar-refractivity contribution is 14.1. The van der Waals surface area contributed by atoms with Crippen LogP contribution < -0.4 is 4.74 Å². The quantitative estimate of drug-likeness (QED) is 0.359. The van der Waals surface area contributed by atoms with E-state index >= 15 is 0 Å². The minimum Gasteiger partial charge on any atom is -0.496 e. The SMILES string of the molecule is COc1cc(I)c(C)cc1Cc1csc(-c2ccc3c(c2)CCCCCC3)n1. The minimum atomic E-state index is 0.808. The predicted molar refractivity (Wildman–Crippen MR) is 127 cm³/mol. The van der Waals surface area contributed by atoms with Crippen molar-refractivity contribution in [3.63, 3.8) is 0 Å². The molecular weight excluding hydrogens is 477 g/mol. The van der Waals surface area contributed by atoms with Crippen LogP contribution in [0, 0.1) is 10.5 Å². The van der Waals surface area contributed by atoms with E-state index in [9.17, 15) is 0 Å². The maximum atomic E-state index is 5.60. The van der Waals surface area contributed by atoms with Crippen molar-refractivity contribution in [1.82, 2.24) is 4.98 Å². The lowest BCUT2D eigenvalue weighted by Crippen LogP contribution is -2.00. The number of halogens is 1. The van der Waals surface area contributed by atoms with Gasteiger partial charge < -0.3 is 4.74 Å². The minimum absolute atomic E-state index is 0.808. The number of methoxy groups -OCH3 is 1. The second kappa shape index (κ2) is 8.95. The molecule has 0 unspecified atom stereocenters. The van der Waals surface area contributed by atoms with Crippen molar-refractivity contribution in [3.05, 3.63) is 67.2 Å². The molecule has 1 aliphatic rings. The lowest BCUT2D eigenvalue weighted by molar-refractivity contribution is 0.410. The first-order valence-corrected chi connectivity index (χ1v) is 12.0. The second-order valence-corrected chi connectivity index (χ2v) is 9.65. The zero-order chi connectivity index (χ0) is 19.5. The van der Waals surface area contributed by atoms with Crippen LogP contribution in [0.2, 0.25) is 0 Å². The molecule has 0 radical (unpaired) electrons. The fraction of sp³-hybridized carbons (Fsp3) is 0.375. The number of ether oxygens (including phenoxy) is 1. The Kier molecular flexibility index (Phi) is 6.36. The average Bonchev–Trinajstić information content (AvgIpc) is 3.13. The molecule has 146 valence electrons. The van der Waals surface area contributed by atoms with E-state index in [0.717, 1.165) is 22.9 Å². The highest BCUT2D eigenvalue weighted by Gasteiger charge is 2.13. The summed E-state index contributed by atoms with van der Waals surface area (Å²) in [6.45, 7) is 2.15. The van der Waals surface area contributed by atoms with Gasteiger partial charge in [-0.25, -0.2) is 4.98 Å². The van der Waals surface area contributed by atoms with E-state index in [1.54, 1.807) is 24.0 Å². The van der Waals surface area contributed by atoms with E-state index in [1.807, 2.05) is 0 Å². The van der Waals surface area contributed by atoms with Crippen LogP contribution in [0.15, 0.2) is 35.7 Å². The van der Waals surface area contributed by atoms with Crippen molar-refractivity contribution >= 4 is 33.9 Å². The van der Waals surface area contributed by atoms with Gasteiger partial charge in [-0.1, -0.05) is 31.0 Å². The Morgan fingerprint density at radius 1 is 1.04 bits per heavy atom. The van der Waals surface area contributed by atoms with Crippen molar-refractivity contribution < 1.29 is 4.74 Å². The molecule has 0 amide bonds. The molecule has 1 aromatic heterocycles. The molecule has 1 heterocycles. The highest BCUT2D eigenvalue weighted by Crippen LogP contribution is 2.31. The van der Waals surface area contributed by atoms with Crippen LogP contribution in [0.25, 0.3) is 10.6 Å². The molecule has 0 atom stereocenters. The van der Waals surface area contributed by atoms with Gasteiger partial charge in [-0.3, -0.25) is 0 Å². The van der Waals surface area contributed by atoms with E-state index in [-0.39, 0.29) is 0 Å². The monoisotopic (exact) mass is 503 g/mol. The molecule has 1 aliphatic carbocycles. The molecule has 0 fully saturated rings. The maximum absolute atomic E-state index is 5.60. The third-order valence-electron chi connectivity index (χ3n) is 5.58. The van der Waals surface area contributed by atoms with Crippen molar-refractivity contribution in [1.29, 1.82) is 0 Å². The number of rotatable bonds is 4.